The molecule has 34 heavy (non-hydrogen) atoms. The van der Waals surface area contributed by atoms with Gasteiger partial charge < -0.3 is 10.0 Å². The van der Waals surface area contributed by atoms with Crippen LogP contribution in [0, 0.1) is 40.4 Å². The third-order valence-electron chi connectivity index (χ3n) is 9.96. The summed E-state index contributed by atoms with van der Waals surface area (Å²) in [4.78, 5) is 30.8. The second kappa shape index (κ2) is 11.0. The molecule has 0 heterocycles. The minimum absolute atomic E-state index is 0.186. The van der Waals surface area contributed by atoms with Crippen LogP contribution in [-0.2, 0) is 14.4 Å². The van der Waals surface area contributed by atoms with Crippen LogP contribution >= 0.6 is 0 Å². The number of allylic oxidation sites excluding steroid dienone is 2. The van der Waals surface area contributed by atoms with Gasteiger partial charge in [-0.1, -0.05) is 26.8 Å². The van der Waals surface area contributed by atoms with Gasteiger partial charge in [-0.15, -0.1) is 0 Å². The number of rotatable bonds is 11. The van der Waals surface area contributed by atoms with E-state index < -0.39 is 5.97 Å². The molecule has 6 nitrogen and oxygen atoms in total. The fourth-order valence-electron chi connectivity index (χ4n) is 8.06. The van der Waals surface area contributed by atoms with E-state index in [4.69, 9.17) is 4.84 Å². The number of hydrogen-bond acceptors (Lipinski definition) is 4. The third-order valence-corrected chi connectivity index (χ3v) is 9.96. The van der Waals surface area contributed by atoms with Gasteiger partial charge in [-0.05, 0) is 93.3 Å². The lowest BCUT2D eigenvalue weighted by molar-refractivity contribution is -0.138. The molecule has 0 unspecified atom stereocenters. The molecule has 0 radical (unpaired) electrons. The van der Waals surface area contributed by atoms with E-state index in [0.29, 0.717) is 54.5 Å². The Balaban J connectivity index is 1.74. The maximum atomic E-state index is 12.0. The SMILES string of the molecule is CCONC1=CC[C@H]2[C@@H]3CC[C@H]([C@H](C)CCCC(=O)N(C)C)[C@@]3(C)CC[C@@H]2[C@@]1(C)CCC(=O)O. The Morgan fingerprint density at radius 1 is 1.21 bits per heavy atom. The summed E-state index contributed by atoms with van der Waals surface area (Å²) in [6, 6.07) is 0. The van der Waals surface area contributed by atoms with Crippen LogP contribution in [0.5, 0.6) is 0 Å². The van der Waals surface area contributed by atoms with Gasteiger partial charge in [0.25, 0.3) is 0 Å². The van der Waals surface area contributed by atoms with Crippen LogP contribution in [0.1, 0.15) is 91.9 Å². The van der Waals surface area contributed by atoms with Gasteiger partial charge in [0.15, 0.2) is 0 Å². The quantitative estimate of drug-likeness (QED) is 0.377. The topological polar surface area (TPSA) is 78.9 Å². The number of hydrogen-bond donors (Lipinski definition) is 2. The second-order valence-electron chi connectivity index (χ2n) is 12.0. The lowest BCUT2D eigenvalue weighted by Crippen LogP contribution is -2.51. The van der Waals surface area contributed by atoms with Crippen LogP contribution in [0.2, 0.25) is 0 Å². The highest BCUT2D eigenvalue weighted by Gasteiger charge is 2.58. The Bertz CT molecular complexity index is 766. The number of aliphatic carboxylic acids is 1. The Kier molecular flexibility index (Phi) is 8.75. The number of carbonyl (C=O) groups excluding carboxylic acids is 1. The molecule has 0 aromatic rings. The maximum Gasteiger partial charge on any atom is 0.303 e. The number of carbonyl (C=O) groups is 2. The number of fused-ring (bicyclic) bond motifs is 3. The Labute approximate surface area is 206 Å². The summed E-state index contributed by atoms with van der Waals surface area (Å²) in [5, 5.41) is 9.44. The first-order valence-electron chi connectivity index (χ1n) is 13.5. The Morgan fingerprint density at radius 3 is 2.59 bits per heavy atom. The third kappa shape index (κ3) is 5.32. The number of nitrogens with one attached hydrogen (secondary N) is 1. The predicted molar refractivity (Wildman–Crippen MR) is 135 cm³/mol. The van der Waals surface area contributed by atoms with E-state index in [2.05, 4.69) is 32.3 Å². The molecule has 194 valence electrons. The zero-order chi connectivity index (χ0) is 25.1. The van der Waals surface area contributed by atoms with E-state index >= 15 is 0 Å². The molecule has 0 bridgehead atoms. The molecule has 3 rings (SSSR count). The summed E-state index contributed by atoms with van der Waals surface area (Å²) < 4.78 is 0. The minimum atomic E-state index is -0.720. The van der Waals surface area contributed by atoms with Gasteiger partial charge in [0, 0.05) is 38.0 Å². The van der Waals surface area contributed by atoms with E-state index in [9.17, 15) is 14.7 Å². The van der Waals surface area contributed by atoms with Crippen molar-refractivity contribution in [2.24, 2.45) is 40.4 Å². The maximum absolute atomic E-state index is 12.0. The fraction of sp³-hybridized carbons (Fsp3) is 0.857. The zero-order valence-corrected chi connectivity index (χ0v) is 22.4. The molecule has 6 heteroatoms. The van der Waals surface area contributed by atoms with Crippen molar-refractivity contribution in [3.63, 3.8) is 0 Å². The first kappa shape index (κ1) is 27.0. The van der Waals surface area contributed by atoms with E-state index in [1.807, 2.05) is 21.0 Å². The van der Waals surface area contributed by atoms with Crippen LogP contribution in [0.15, 0.2) is 11.8 Å². The van der Waals surface area contributed by atoms with Crippen LogP contribution < -0.4 is 5.48 Å². The highest BCUT2D eigenvalue weighted by Crippen LogP contribution is 2.66. The molecule has 0 aromatic carbocycles. The van der Waals surface area contributed by atoms with Crippen molar-refractivity contribution in [3.05, 3.63) is 11.8 Å². The molecule has 0 saturated heterocycles. The summed E-state index contributed by atoms with van der Waals surface area (Å²) in [6.07, 6.45) is 11.9. The van der Waals surface area contributed by atoms with Gasteiger partial charge in [-0.25, -0.2) is 0 Å². The molecule has 1 amide bonds. The van der Waals surface area contributed by atoms with Crippen molar-refractivity contribution >= 4 is 11.9 Å². The first-order valence-corrected chi connectivity index (χ1v) is 13.5. The number of carboxylic acid groups (broad SMARTS) is 1. The van der Waals surface area contributed by atoms with Gasteiger partial charge in [-0.2, -0.15) is 0 Å². The lowest BCUT2D eigenvalue weighted by Gasteiger charge is -2.56. The largest absolute Gasteiger partial charge is 0.481 e. The lowest BCUT2D eigenvalue weighted by atomic mass is 9.49. The van der Waals surface area contributed by atoms with Gasteiger partial charge in [0.2, 0.25) is 5.91 Å². The van der Waals surface area contributed by atoms with Gasteiger partial charge in [-0.3, -0.25) is 19.9 Å². The van der Waals surface area contributed by atoms with Crippen molar-refractivity contribution in [3.8, 4) is 0 Å². The van der Waals surface area contributed by atoms with Crippen molar-refractivity contribution < 1.29 is 19.5 Å². The minimum Gasteiger partial charge on any atom is -0.481 e. The van der Waals surface area contributed by atoms with Crippen molar-refractivity contribution in [1.82, 2.24) is 10.4 Å². The Morgan fingerprint density at radius 2 is 1.94 bits per heavy atom. The molecular weight excluding hydrogens is 428 g/mol. The van der Waals surface area contributed by atoms with Crippen LogP contribution in [0.25, 0.3) is 0 Å². The summed E-state index contributed by atoms with van der Waals surface area (Å²) in [5.74, 6) is 2.65. The zero-order valence-electron chi connectivity index (χ0n) is 22.4. The van der Waals surface area contributed by atoms with E-state index in [0.717, 1.165) is 31.4 Å². The fourth-order valence-corrected chi connectivity index (χ4v) is 8.06. The molecule has 2 fully saturated rings. The van der Waals surface area contributed by atoms with E-state index in [-0.39, 0.29) is 17.7 Å². The molecule has 3 aliphatic carbocycles. The van der Waals surface area contributed by atoms with Gasteiger partial charge >= 0.3 is 5.97 Å². The van der Waals surface area contributed by atoms with Crippen LogP contribution in [0.4, 0.5) is 0 Å². The number of hydroxylamine groups is 1. The van der Waals surface area contributed by atoms with Crippen molar-refractivity contribution in [1.29, 1.82) is 0 Å². The van der Waals surface area contributed by atoms with E-state index in [1.54, 1.807) is 4.90 Å². The van der Waals surface area contributed by atoms with Crippen molar-refractivity contribution in [2.75, 3.05) is 20.7 Å². The van der Waals surface area contributed by atoms with E-state index in [1.165, 1.54) is 19.3 Å². The summed E-state index contributed by atoms with van der Waals surface area (Å²) in [7, 11) is 3.68. The molecular formula is C28H48N2O4. The molecule has 0 aromatic heterocycles. The van der Waals surface area contributed by atoms with Crippen LogP contribution in [-0.4, -0.2) is 42.6 Å². The second-order valence-corrected chi connectivity index (χ2v) is 12.0. The summed E-state index contributed by atoms with van der Waals surface area (Å²) in [6.45, 7) is 9.77. The number of amides is 1. The highest BCUT2D eigenvalue weighted by molar-refractivity contribution is 5.75. The van der Waals surface area contributed by atoms with Gasteiger partial charge in [0.05, 0.1) is 6.61 Å². The van der Waals surface area contributed by atoms with Crippen molar-refractivity contribution in [2.45, 2.75) is 91.9 Å². The average molecular weight is 477 g/mol. The smallest absolute Gasteiger partial charge is 0.303 e. The van der Waals surface area contributed by atoms with Gasteiger partial charge in [0.1, 0.15) is 0 Å². The monoisotopic (exact) mass is 476 g/mol. The summed E-state index contributed by atoms with van der Waals surface area (Å²) in [5.41, 5.74) is 4.44. The molecule has 0 aliphatic heterocycles. The summed E-state index contributed by atoms with van der Waals surface area (Å²) >= 11 is 0. The standard InChI is InChI=1S/C28H48N2O4/c1-7-34-29-24-14-11-20-22-13-12-21(19(2)9-8-10-25(31)30(5)6)27(22,3)17-15-23(20)28(24,4)18-16-26(32)33/h14,19-23,29H,7-13,15-18H2,1-6H3,(H,32,33)/t19-,20+,21-,22+,23+,27-,28-/m1/s1. The predicted octanol–water partition coefficient (Wildman–Crippen LogP) is 5.64. The number of nitrogens with zero attached hydrogens (tertiary/aromatic N) is 1. The first-order chi connectivity index (χ1) is 16.0. The normalized spacial score (nSPS) is 35.6. The molecule has 7 atom stereocenters. The molecule has 0 spiro atoms. The average Bonchev–Trinajstić information content (AvgIpc) is 3.14. The molecule has 2 saturated carbocycles. The number of carboxylic acids is 1. The van der Waals surface area contributed by atoms with Crippen LogP contribution in [0.3, 0.4) is 0 Å². The highest BCUT2D eigenvalue weighted by atomic mass is 16.6. The Hall–Kier alpha value is -1.56. The molecule has 2 N–H and O–H groups in total. The molecule has 3 aliphatic rings.